The van der Waals surface area contributed by atoms with Crippen molar-refractivity contribution in [2.24, 2.45) is 0 Å². The first-order valence-electron chi connectivity index (χ1n) is 3.55. The molecule has 0 amide bonds. The van der Waals surface area contributed by atoms with Crippen LogP contribution in [0.5, 0.6) is 0 Å². The van der Waals surface area contributed by atoms with E-state index in [2.05, 4.69) is 10.1 Å². The van der Waals surface area contributed by atoms with Gasteiger partial charge in [-0.05, 0) is 12.1 Å². The van der Waals surface area contributed by atoms with E-state index in [0.29, 0.717) is 5.65 Å². The summed E-state index contributed by atoms with van der Waals surface area (Å²) in [6.07, 6.45) is 1.50. The number of aromatic nitrogens is 3. The normalized spacial score (nSPS) is 10.5. The molecule has 0 aliphatic rings. The fourth-order valence-electron chi connectivity index (χ4n) is 1.12. The summed E-state index contributed by atoms with van der Waals surface area (Å²) >= 11 is 0. The topological polar surface area (TPSA) is 103 Å². The van der Waals surface area contributed by atoms with Crippen molar-refractivity contribution >= 4 is 17.4 Å². The molecular weight excluding hydrogens is 170 g/mol. The second-order valence-electron chi connectivity index (χ2n) is 2.47. The van der Waals surface area contributed by atoms with Crippen LogP contribution in [0.3, 0.4) is 0 Å². The Labute approximate surface area is 73.1 Å². The van der Waals surface area contributed by atoms with Crippen LogP contribution < -0.4 is 10.8 Å². The van der Waals surface area contributed by atoms with Gasteiger partial charge in [0.1, 0.15) is 5.69 Å². The predicted molar refractivity (Wildman–Crippen MR) is 44.2 cm³/mol. The fourth-order valence-corrected chi connectivity index (χ4v) is 1.12. The first kappa shape index (κ1) is 7.53. The molecule has 0 aliphatic carbocycles. The van der Waals surface area contributed by atoms with Gasteiger partial charge in [0.15, 0.2) is 11.5 Å². The molecule has 0 unspecified atom stereocenters. The van der Waals surface area contributed by atoms with E-state index in [0.717, 1.165) is 0 Å². The van der Waals surface area contributed by atoms with Crippen molar-refractivity contribution in [1.82, 2.24) is 14.6 Å². The molecule has 0 atom stereocenters. The maximum atomic E-state index is 10.8. The summed E-state index contributed by atoms with van der Waals surface area (Å²) in [5, 5.41) is 21.6. The Morgan fingerprint density at radius 1 is 1.62 bits per heavy atom. The molecular formula is C7H6N5O-. The molecule has 66 valence electrons. The first-order valence-corrected chi connectivity index (χ1v) is 3.55. The highest BCUT2D eigenvalue weighted by Crippen LogP contribution is 2.11. The smallest absolute Gasteiger partial charge is 0.156 e. The van der Waals surface area contributed by atoms with E-state index in [1.54, 1.807) is 12.1 Å². The molecule has 0 saturated heterocycles. The number of imidazole rings is 1. The molecule has 2 heterocycles. The highest BCUT2D eigenvalue weighted by molar-refractivity contribution is 5.92. The summed E-state index contributed by atoms with van der Waals surface area (Å²) < 4.78 is 1.25. The van der Waals surface area contributed by atoms with Gasteiger partial charge < -0.3 is 16.2 Å². The summed E-state index contributed by atoms with van der Waals surface area (Å²) in [6.45, 7) is 0. The Hall–Kier alpha value is -2.11. The van der Waals surface area contributed by atoms with Crippen LogP contribution in [-0.4, -0.2) is 20.5 Å². The van der Waals surface area contributed by atoms with E-state index in [1.807, 2.05) is 0 Å². The van der Waals surface area contributed by atoms with E-state index in [-0.39, 0.29) is 11.5 Å². The number of nitrogens with two attached hydrogens (primary N) is 1. The minimum absolute atomic E-state index is 0.00981. The SMILES string of the molecule is N=C([O-])c1c(N)nc2cccnn12. The van der Waals surface area contributed by atoms with Crippen LogP contribution in [0.1, 0.15) is 5.69 Å². The zero-order valence-electron chi connectivity index (χ0n) is 6.56. The van der Waals surface area contributed by atoms with Gasteiger partial charge in [-0.3, -0.25) is 0 Å². The second-order valence-corrected chi connectivity index (χ2v) is 2.47. The number of rotatable bonds is 1. The van der Waals surface area contributed by atoms with Crippen LogP contribution in [-0.2, 0) is 0 Å². The van der Waals surface area contributed by atoms with E-state index >= 15 is 0 Å². The van der Waals surface area contributed by atoms with Gasteiger partial charge in [0.25, 0.3) is 0 Å². The summed E-state index contributed by atoms with van der Waals surface area (Å²) in [5.41, 5.74) is 5.92. The third-order valence-electron chi connectivity index (χ3n) is 1.64. The molecule has 13 heavy (non-hydrogen) atoms. The lowest BCUT2D eigenvalue weighted by Crippen LogP contribution is -2.21. The fraction of sp³-hybridized carbons (Fsp3) is 0. The Morgan fingerprint density at radius 3 is 3.08 bits per heavy atom. The Kier molecular flexibility index (Phi) is 1.42. The standard InChI is InChI=1S/C7H7N5O/c8-6-5(7(9)13)12-4(11-6)2-1-3-10-12/h1-3H,8H2,(H2,9,13)/p-1. The Bertz CT molecular complexity index is 475. The molecule has 0 aromatic carbocycles. The van der Waals surface area contributed by atoms with Gasteiger partial charge in [0, 0.05) is 12.1 Å². The molecule has 0 aliphatic heterocycles. The molecule has 2 aromatic heterocycles. The minimum atomic E-state index is -0.885. The van der Waals surface area contributed by atoms with Crippen molar-refractivity contribution < 1.29 is 5.11 Å². The third-order valence-corrected chi connectivity index (χ3v) is 1.64. The lowest BCUT2D eigenvalue weighted by molar-refractivity contribution is -0.215. The maximum Gasteiger partial charge on any atom is 0.156 e. The van der Waals surface area contributed by atoms with Crippen LogP contribution in [0.15, 0.2) is 18.3 Å². The number of hydrogen-bond donors (Lipinski definition) is 2. The molecule has 0 fully saturated rings. The highest BCUT2D eigenvalue weighted by atomic mass is 16.3. The molecule has 6 heteroatoms. The average Bonchev–Trinajstić information content (AvgIpc) is 2.39. The quantitative estimate of drug-likeness (QED) is 0.429. The van der Waals surface area contributed by atoms with E-state index < -0.39 is 5.90 Å². The number of hydrogen-bond acceptors (Lipinski definition) is 5. The molecule has 2 aromatic rings. The lowest BCUT2D eigenvalue weighted by Gasteiger charge is -2.05. The number of nitrogen functional groups attached to an aromatic ring is 1. The number of nitrogens with one attached hydrogen (secondary N) is 1. The van der Waals surface area contributed by atoms with Gasteiger partial charge >= 0.3 is 0 Å². The van der Waals surface area contributed by atoms with Crippen LogP contribution in [0.25, 0.3) is 5.65 Å². The monoisotopic (exact) mass is 176 g/mol. The minimum Gasteiger partial charge on any atom is -0.858 e. The number of nitrogens with zero attached hydrogens (tertiary/aromatic N) is 3. The molecule has 0 bridgehead atoms. The van der Waals surface area contributed by atoms with Crippen LogP contribution >= 0.6 is 0 Å². The van der Waals surface area contributed by atoms with Crippen LogP contribution in [0.2, 0.25) is 0 Å². The van der Waals surface area contributed by atoms with Crippen molar-refractivity contribution in [3.8, 4) is 0 Å². The van der Waals surface area contributed by atoms with Gasteiger partial charge in [0.05, 0.1) is 0 Å². The van der Waals surface area contributed by atoms with Gasteiger partial charge in [-0.25, -0.2) is 9.50 Å². The van der Waals surface area contributed by atoms with E-state index in [4.69, 9.17) is 11.1 Å². The van der Waals surface area contributed by atoms with E-state index in [1.165, 1.54) is 10.7 Å². The molecule has 0 saturated carbocycles. The van der Waals surface area contributed by atoms with Crippen molar-refractivity contribution in [2.75, 3.05) is 5.73 Å². The number of anilines is 1. The van der Waals surface area contributed by atoms with Crippen LogP contribution in [0.4, 0.5) is 5.82 Å². The summed E-state index contributed by atoms with van der Waals surface area (Å²) in [7, 11) is 0. The molecule has 0 radical (unpaired) electrons. The second kappa shape index (κ2) is 2.44. The highest BCUT2D eigenvalue weighted by Gasteiger charge is 2.08. The molecule has 2 rings (SSSR count). The molecule has 6 nitrogen and oxygen atoms in total. The Balaban J connectivity index is 2.86. The molecule has 0 spiro atoms. The summed E-state index contributed by atoms with van der Waals surface area (Å²) in [5.74, 6) is -0.845. The summed E-state index contributed by atoms with van der Waals surface area (Å²) in [6, 6.07) is 3.34. The number of fused-ring (bicyclic) bond motifs is 1. The van der Waals surface area contributed by atoms with Crippen molar-refractivity contribution in [3.05, 3.63) is 24.0 Å². The van der Waals surface area contributed by atoms with Gasteiger partial charge in [0.2, 0.25) is 0 Å². The molecule has 3 N–H and O–H groups in total. The van der Waals surface area contributed by atoms with Crippen molar-refractivity contribution in [3.63, 3.8) is 0 Å². The van der Waals surface area contributed by atoms with Crippen molar-refractivity contribution in [1.29, 1.82) is 5.41 Å². The average molecular weight is 176 g/mol. The lowest BCUT2D eigenvalue weighted by atomic mass is 10.4. The van der Waals surface area contributed by atoms with Gasteiger partial charge in [-0.2, -0.15) is 5.10 Å². The van der Waals surface area contributed by atoms with E-state index in [9.17, 15) is 5.11 Å². The van der Waals surface area contributed by atoms with Gasteiger partial charge in [-0.15, -0.1) is 0 Å². The Morgan fingerprint density at radius 2 is 2.38 bits per heavy atom. The third kappa shape index (κ3) is 0.994. The summed E-state index contributed by atoms with van der Waals surface area (Å²) in [4.78, 5) is 3.87. The zero-order valence-corrected chi connectivity index (χ0v) is 6.56. The first-order chi connectivity index (χ1) is 6.20. The largest absolute Gasteiger partial charge is 0.858 e. The maximum absolute atomic E-state index is 10.8. The predicted octanol–water partition coefficient (Wildman–Crippen LogP) is -1.00. The zero-order chi connectivity index (χ0) is 9.42. The van der Waals surface area contributed by atoms with Crippen molar-refractivity contribution in [2.45, 2.75) is 0 Å². The van der Waals surface area contributed by atoms with Gasteiger partial charge in [-0.1, -0.05) is 0 Å². The van der Waals surface area contributed by atoms with Crippen LogP contribution in [0, 0.1) is 5.41 Å².